The summed E-state index contributed by atoms with van der Waals surface area (Å²) < 4.78 is 0. The zero-order chi connectivity index (χ0) is 6.41. The third-order valence-corrected chi connectivity index (χ3v) is 0.806. The molecule has 0 aromatic carbocycles. The fourth-order valence-electron chi connectivity index (χ4n) is 0.344. The molecule has 0 fully saturated rings. The van der Waals surface area contributed by atoms with Gasteiger partial charge in [-0.3, -0.25) is 0 Å². The molecule has 0 saturated heterocycles. The van der Waals surface area contributed by atoms with Crippen LogP contribution in [0, 0.1) is 5.41 Å². The molecule has 0 saturated carbocycles. The molecule has 0 aromatic rings. The number of rotatable bonds is 3. The maximum absolute atomic E-state index is 8.69. The molecule has 0 radical (unpaired) electrons. The van der Waals surface area contributed by atoms with E-state index in [2.05, 4.69) is 0 Å². The van der Waals surface area contributed by atoms with Crippen molar-refractivity contribution in [1.82, 2.24) is 0 Å². The van der Waals surface area contributed by atoms with Crippen LogP contribution < -0.4 is 0 Å². The van der Waals surface area contributed by atoms with E-state index in [-0.39, 0.29) is 0 Å². The van der Waals surface area contributed by atoms with Crippen LogP contribution in [0.3, 0.4) is 0 Å². The number of nitrogens with one attached hydrogen (secondary N) is 1. The van der Waals surface area contributed by atoms with Gasteiger partial charge < -0.3 is 10.5 Å². The van der Waals surface area contributed by atoms with Crippen molar-refractivity contribution in [2.45, 2.75) is 19.4 Å². The Morgan fingerprint density at radius 2 is 2.38 bits per heavy atom. The summed E-state index contributed by atoms with van der Waals surface area (Å²) in [6.07, 6.45) is 4.67. The van der Waals surface area contributed by atoms with Gasteiger partial charge in [0.25, 0.3) is 0 Å². The summed E-state index contributed by atoms with van der Waals surface area (Å²) in [5.74, 6) is 0. The average molecular weight is 113 g/mol. The van der Waals surface area contributed by atoms with Crippen molar-refractivity contribution in [3.8, 4) is 0 Å². The van der Waals surface area contributed by atoms with Gasteiger partial charge in [-0.25, -0.2) is 0 Å². The predicted molar refractivity (Wildman–Crippen MR) is 34.2 cm³/mol. The van der Waals surface area contributed by atoms with Crippen molar-refractivity contribution in [2.24, 2.45) is 0 Å². The second kappa shape index (κ2) is 4.53. The van der Waals surface area contributed by atoms with E-state index >= 15 is 0 Å². The minimum Gasteiger partial charge on any atom is -0.387 e. The molecule has 0 aromatic heterocycles. The monoisotopic (exact) mass is 113 g/mol. The summed E-state index contributed by atoms with van der Waals surface area (Å²) in [4.78, 5) is 0. The lowest BCUT2D eigenvalue weighted by molar-refractivity contribution is 0.249. The Balaban J connectivity index is 3.23. The molecule has 0 rings (SSSR count). The van der Waals surface area contributed by atoms with Gasteiger partial charge in [-0.2, -0.15) is 0 Å². The fourth-order valence-corrected chi connectivity index (χ4v) is 0.344. The molecule has 1 atom stereocenters. The zero-order valence-electron chi connectivity index (χ0n) is 4.96. The van der Waals surface area contributed by atoms with Crippen molar-refractivity contribution in [3.63, 3.8) is 0 Å². The number of hydrogen-bond acceptors (Lipinski definition) is 2. The molecule has 0 spiro atoms. The fraction of sp³-hybridized carbons (Fsp3) is 0.500. The molecular formula is C6H11NO. The normalized spacial score (nSPS) is 14.2. The van der Waals surface area contributed by atoms with E-state index in [0.29, 0.717) is 6.42 Å². The number of aliphatic hydroxyl groups excluding tert-OH is 1. The average Bonchev–Trinajstić information content (AvgIpc) is 1.83. The number of hydrogen-bond donors (Lipinski definition) is 2. The van der Waals surface area contributed by atoms with Gasteiger partial charge in [0.05, 0.1) is 6.10 Å². The molecule has 2 N–H and O–H groups in total. The number of aliphatic hydroxyl groups is 1. The smallest absolute Gasteiger partial charge is 0.0918 e. The SMILES string of the molecule is C/C=C/CC(O)C=N. The third-order valence-electron chi connectivity index (χ3n) is 0.806. The van der Waals surface area contributed by atoms with Crippen LogP contribution in [0.25, 0.3) is 0 Å². The summed E-state index contributed by atoms with van der Waals surface area (Å²) in [7, 11) is 0. The molecule has 0 aliphatic carbocycles. The summed E-state index contributed by atoms with van der Waals surface area (Å²) in [5, 5.41) is 15.3. The summed E-state index contributed by atoms with van der Waals surface area (Å²) in [5.41, 5.74) is 0. The highest BCUT2D eigenvalue weighted by Crippen LogP contribution is 1.87. The van der Waals surface area contributed by atoms with Crippen molar-refractivity contribution in [1.29, 1.82) is 5.41 Å². The lowest BCUT2D eigenvalue weighted by Gasteiger charge is -1.94. The van der Waals surface area contributed by atoms with Gasteiger partial charge in [-0.15, -0.1) is 0 Å². The van der Waals surface area contributed by atoms with Gasteiger partial charge in [-0.1, -0.05) is 12.2 Å². The van der Waals surface area contributed by atoms with E-state index in [1.807, 2.05) is 19.1 Å². The molecule has 0 bridgehead atoms. The molecule has 8 heavy (non-hydrogen) atoms. The first-order valence-corrected chi connectivity index (χ1v) is 2.61. The van der Waals surface area contributed by atoms with Crippen LogP contribution in [-0.2, 0) is 0 Å². The van der Waals surface area contributed by atoms with Crippen LogP contribution in [0.5, 0.6) is 0 Å². The Kier molecular flexibility index (Phi) is 4.17. The maximum Gasteiger partial charge on any atom is 0.0918 e. The van der Waals surface area contributed by atoms with Crippen LogP contribution in [0.15, 0.2) is 12.2 Å². The van der Waals surface area contributed by atoms with Crippen molar-refractivity contribution in [3.05, 3.63) is 12.2 Å². The van der Waals surface area contributed by atoms with E-state index in [0.717, 1.165) is 6.21 Å². The predicted octanol–water partition coefficient (Wildman–Crippen LogP) is 0.963. The zero-order valence-corrected chi connectivity index (χ0v) is 4.96. The Morgan fingerprint density at radius 1 is 1.75 bits per heavy atom. The maximum atomic E-state index is 8.69. The van der Waals surface area contributed by atoms with Gasteiger partial charge in [0.1, 0.15) is 0 Å². The van der Waals surface area contributed by atoms with Crippen LogP contribution >= 0.6 is 0 Å². The summed E-state index contributed by atoms with van der Waals surface area (Å²) >= 11 is 0. The molecule has 0 aliphatic rings. The second-order valence-electron chi connectivity index (χ2n) is 1.54. The molecular weight excluding hydrogens is 102 g/mol. The molecule has 0 aliphatic heterocycles. The van der Waals surface area contributed by atoms with Crippen molar-refractivity contribution >= 4 is 6.21 Å². The minimum absolute atomic E-state index is 0.556. The van der Waals surface area contributed by atoms with Crippen molar-refractivity contribution in [2.75, 3.05) is 0 Å². The van der Waals surface area contributed by atoms with Crippen LogP contribution in [0.4, 0.5) is 0 Å². The largest absolute Gasteiger partial charge is 0.387 e. The molecule has 2 nitrogen and oxygen atoms in total. The quantitative estimate of drug-likeness (QED) is 0.415. The van der Waals surface area contributed by atoms with Gasteiger partial charge >= 0.3 is 0 Å². The first kappa shape index (κ1) is 7.37. The van der Waals surface area contributed by atoms with Gasteiger partial charge in [0.2, 0.25) is 0 Å². The van der Waals surface area contributed by atoms with E-state index < -0.39 is 6.10 Å². The Hall–Kier alpha value is -0.630. The second-order valence-corrected chi connectivity index (χ2v) is 1.54. The Bertz CT molecular complexity index is 88.5. The topological polar surface area (TPSA) is 44.1 Å². The first-order valence-electron chi connectivity index (χ1n) is 2.61. The Morgan fingerprint density at radius 3 is 2.75 bits per heavy atom. The molecule has 46 valence electrons. The highest BCUT2D eigenvalue weighted by molar-refractivity contribution is 5.58. The third kappa shape index (κ3) is 3.56. The highest BCUT2D eigenvalue weighted by atomic mass is 16.3. The number of allylic oxidation sites excluding steroid dienone is 1. The van der Waals surface area contributed by atoms with Crippen LogP contribution in [0.1, 0.15) is 13.3 Å². The first-order chi connectivity index (χ1) is 3.81. The highest BCUT2D eigenvalue weighted by Gasteiger charge is 1.91. The molecule has 2 heteroatoms. The summed E-state index contributed by atoms with van der Waals surface area (Å²) in [6.45, 7) is 1.89. The molecule has 0 amide bonds. The van der Waals surface area contributed by atoms with E-state index in [4.69, 9.17) is 10.5 Å². The van der Waals surface area contributed by atoms with Gasteiger partial charge in [0.15, 0.2) is 0 Å². The van der Waals surface area contributed by atoms with Gasteiger partial charge in [0, 0.05) is 6.21 Å². The van der Waals surface area contributed by atoms with E-state index in [1.165, 1.54) is 0 Å². The lowest BCUT2D eigenvalue weighted by atomic mass is 10.2. The van der Waals surface area contributed by atoms with Crippen LogP contribution in [0.2, 0.25) is 0 Å². The van der Waals surface area contributed by atoms with E-state index in [1.54, 1.807) is 0 Å². The molecule has 0 heterocycles. The summed E-state index contributed by atoms with van der Waals surface area (Å²) in [6, 6.07) is 0. The standard InChI is InChI=1S/C6H11NO/c1-2-3-4-6(8)5-7/h2-3,5-8H,4H2,1H3/b3-2+,7-5?. The lowest BCUT2D eigenvalue weighted by Crippen LogP contribution is -2.04. The van der Waals surface area contributed by atoms with Crippen LogP contribution in [-0.4, -0.2) is 17.4 Å². The Labute approximate surface area is 49.4 Å². The molecule has 1 unspecified atom stereocenters. The van der Waals surface area contributed by atoms with Gasteiger partial charge in [-0.05, 0) is 13.3 Å². The minimum atomic E-state index is -0.591. The van der Waals surface area contributed by atoms with E-state index in [9.17, 15) is 0 Å². The van der Waals surface area contributed by atoms with Crippen molar-refractivity contribution < 1.29 is 5.11 Å².